The zero-order chi connectivity index (χ0) is 15.2. The Kier molecular flexibility index (Phi) is 4.90. The van der Waals surface area contributed by atoms with Crippen LogP contribution in [0.4, 0.5) is 0 Å². The molecule has 2 amide bonds. The fourth-order valence-electron chi connectivity index (χ4n) is 1.66. The van der Waals surface area contributed by atoms with Crippen molar-refractivity contribution in [1.29, 1.82) is 0 Å². The molecule has 21 heavy (non-hydrogen) atoms. The van der Waals surface area contributed by atoms with Gasteiger partial charge in [0.2, 0.25) is 0 Å². The lowest BCUT2D eigenvalue weighted by atomic mass is 10.2. The van der Waals surface area contributed by atoms with Crippen LogP contribution in [-0.2, 0) is 4.79 Å². The number of hydrogen-bond donors (Lipinski definition) is 2. The summed E-state index contributed by atoms with van der Waals surface area (Å²) in [5, 5.41) is 11.7. The fraction of sp³-hybridized carbons (Fsp3) is 0. The molecule has 106 valence electrons. The molecule has 0 atom stereocenters. The topological polar surface area (TPSA) is 66.4 Å². The van der Waals surface area contributed by atoms with Crippen molar-refractivity contribution in [3.8, 4) is 5.75 Å². The molecule has 4 nitrogen and oxygen atoms in total. The summed E-state index contributed by atoms with van der Waals surface area (Å²) in [6, 6.07) is 13.4. The Morgan fingerprint density at radius 2 is 1.71 bits per heavy atom. The van der Waals surface area contributed by atoms with Gasteiger partial charge in [-0.1, -0.05) is 46.3 Å². The number of rotatable bonds is 3. The normalized spacial score (nSPS) is 10.5. The average molecular weight is 346 g/mol. The standard InChI is InChI=1S/C16H12BrNO3/c17-13-7-3-1-5-11(13)9-10-15(20)18-16(21)12-6-2-4-8-14(12)19/h1-10,19H,(H,18,20,21). The maximum atomic E-state index is 11.8. The van der Waals surface area contributed by atoms with Gasteiger partial charge in [0, 0.05) is 10.5 Å². The molecule has 0 aromatic heterocycles. The summed E-state index contributed by atoms with van der Waals surface area (Å²) < 4.78 is 0.848. The molecule has 0 aliphatic carbocycles. The van der Waals surface area contributed by atoms with Crippen LogP contribution >= 0.6 is 15.9 Å². The monoisotopic (exact) mass is 345 g/mol. The van der Waals surface area contributed by atoms with Gasteiger partial charge in [0.05, 0.1) is 5.56 Å². The van der Waals surface area contributed by atoms with E-state index in [0.29, 0.717) is 0 Å². The maximum absolute atomic E-state index is 11.8. The van der Waals surface area contributed by atoms with Gasteiger partial charge in [-0.05, 0) is 29.8 Å². The van der Waals surface area contributed by atoms with Crippen LogP contribution in [0.1, 0.15) is 15.9 Å². The molecule has 0 saturated heterocycles. The molecule has 2 aromatic carbocycles. The number of phenolic OH excluding ortho intramolecular Hbond substituents is 1. The molecule has 0 unspecified atom stereocenters. The Balaban J connectivity index is 2.04. The maximum Gasteiger partial charge on any atom is 0.261 e. The van der Waals surface area contributed by atoms with Crippen LogP contribution in [0, 0.1) is 0 Å². The van der Waals surface area contributed by atoms with Crippen LogP contribution in [0.3, 0.4) is 0 Å². The van der Waals surface area contributed by atoms with Crippen molar-refractivity contribution < 1.29 is 14.7 Å². The van der Waals surface area contributed by atoms with Crippen molar-refractivity contribution in [3.63, 3.8) is 0 Å². The number of benzene rings is 2. The van der Waals surface area contributed by atoms with E-state index in [2.05, 4.69) is 21.2 Å². The number of nitrogens with one attached hydrogen (secondary N) is 1. The van der Waals surface area contributed by atoms with Crippen LogP contribution in [0.25, 0.3) is 6.08 Å². The SMILES string of the molecule is O=C(C=Cc1ccccc1Br)NC(=O)c1ccccc1O. The lowest BCUT2D eigenvalue weighted by molar-refractivity contribution is -0.115. The number of halogens is 1. The zero-order valence-electron chi connectivity index (χ0n) is 10.9. The number of phenols is 1. The summed E-state index contributed by atoms with van der Waals surface area (Å²) in [4.78, 5) is 23.5. The minimum Gasteiger partial charge on any atom is -0.507 e. The van der Waals surface area contributed by atoms with E-state index in [4.69, 9.17) is 0 Å². The van der Waals surface area contributed by atoms with Crippen LogP contribution in [0.5, 0.6) is 5.75 Å². The Morgan fingerprint density at radius 3 is 2.43 bits per heavy atom. The first-order valence-corrected chi connectivity index (χ1v) is 6.93. The van der Waals surface area contributed by atoms with Crippen LogP contribution in [0.2, 0.25) is 0 Å². The average Bonchev–Trinajstić information content (AvgIpc) is 2.46. The van der Waals surface area contributed by atoms with Crippen molar-refractivity contribution in [3.05, 3.63) is 70.2 Å². The molecular weight excluding hydrogens is 334 g/mol. The van der Waals surface area contributed by atoms with Gasteiger partial charge in [-0.2, -0.15) is 0 Å². The van der Waals surface area contributed by atoms with Crippen molar-refractivity contribution in [1.82, 2.24) is 5.32 Å². The summed E-state index contributed by atoms with van der Waals surface area (Å²) >= 11 is 3.36. The highest BCUT2D eigenvalue weighted by Gasteiger charge is 2.11. The molecule has 0 saturated carbocycles. The predicted octanol–water partition coefficient (Wildman–Crippen LogP) is 3.12. The second-order valence-electron chi connectivity index (χ2n) is 4.19. The first kappa shape index (κ1) is 15.0. The summed E-state index contributed by atoms with van der Waals surface area (Å²) in [5.74, 6) is -1.37. The second-order valence-corrected chi connectivity index (χ2v) is 5.04. The molecule has 0 heterocycles. The third-order valence-corrected chi connectivity index (χ3v) is 3.43. The summed E-state index contributed by atoms with van der Waals surface area (Å²) in [5.41, 5.74) is 0.878. The molecule has 0 radical (unpaired) electrons. The lowest BCUT2D eigenvalue weighted by Crippen LogP contribution is -2.28. The highest BCUT2D eigenvalue weighted by Crippen LogP contribution is 2.17. The molecule has 0 bridgehead atoms. The van der Waals surface area contributed by atoms with E-state index in [1.165, 1.54) is 18.2 Å². The Morgan fingerprint density at radius 1 is 1.05 bits per heavy atom. The van der Waals surface area contributed by atoms with E-state index in [-0.39, 0.29) is 11.3 Å². The Bertz CT molecular complexity index is 710. The third kappa shape index (κ3) is 4.03. The Labute approximate surface area is 130 Å². The highest BCUT2D eigenvalue weighted by atomic mass is 79.9. The van der Waals surface area contributed by atoms with Gasteiger partial charge in [0.15, 0.2) is 0 Å². The second kappa shape index (κ2) is 6.85. The molecule has 2 aromatic rings. The number of imide groups is 1. The first-order valence-electron chi connectivity index (χ1n) is 6.14. The van der Waals surface area contributed by atoms with Gasteiger partial charge < -0.3 is 5.11 Å². The lowest BCUT2D eigenvalue weighted by Gasteiger charge is -2.03. The van der Waals surface area contributed by atoms with Crippen molar-refractivity contribution in [2.75, 3.05) is 0 Å². The number of carbonyl (C=O) groups is 2. The van der Waals surface area contributed by atoms with Crippen LogP contribution < -0.4 is 5.32 Å². The quantitative estimate of drug-likeness (QED) is 0.840. The molecular formula is C16H12BrNO3. The van der Waals surface area contributed by atoms with E-state index in [9.17, 15) is 14.7 Å². The molecule has 0 fully saturated rings. The summed E-state index contributed by atoms with van der Waals surface area (Å²) in [6.07, 6.45) is 2.86. The summed E-state index contributed by atoms with van der Waals surface area (Å²) in [6.45, 7) is 0. The summed E-state index contributed by atoms with van der Waals surface area (Å²) in [7, 11) is 0. The molecule has 0 spiro atoms. The molecule has 2 rings (SSSR count). The van der Waals surface area contributed by atoms with Crippen LogP contribution in [-0.4, -0.2) is 16.9 Å². The number of hydrogen-bond acceptors (Lipinski definition) is 3. The molecule has 5 heteroatoms. The number of carbonyl (C=O) groups excluding carboxylic acids is 2. The minimum absolute atomic E-state index is 0.0557. The van der Waals surface area contributed by atoms with E-state index in [1.54, 1.807) is 18.2 Å². The highest BCUT2D eigenvalue weighted by molar-refractivity contribution is 9.10. The largest absolute Gasteiger partial charge is 0.507 e. The fourth-order valence-corrected chi connectivity index (χ4v) is 2.08. The van der Waals surface area contributed by atoms with Gasteiger partial charge in [0.1, 0.15) is 5.75 Å². The Hall–Kier alpha value is -2.40. The van der Waals surface area contributed by atoms with Gasteiger partial charge >= 0.3 is 0 Å². The van der Waals surface area contributed by atoms with Gasteiger partial charge in [-0.3, -0.25) is 14.9 Å². The molecule has 0 aliphatic heterocycles. The number of aromatic hydroxyl groups is 1. The number of para-hydroxylation sites is 1. The van der Waals surface area contributed by atoms with Crippen molar-refractivity contribution >= 4 is 33.8 Å². The van der Waals surface area contributed by atoms with Crippen molar-refractivity contribution in [2.24, 2.45) is 0 Å². The van der Waals surface area contributed by atoms with E-state index >= 15 is 0 Å². The van der Waals surface area contributed by atoms with E-state index < -0.39 is 11.8 Å². The molecule has 2 N–H and O–H groups in total. The van der Waals surface area contributed by atoms with Gasteiger partial charge in [0.25, 0.3) is 11.8 Å². The van der Waals surface area contributed by atoms with Gasteiger partial charge in [-0.15, -0.1) is 0 Å². The predicted molar refractivity (Wildman–Crippen MR) is 83.8 cm³/mol. The van der Waals surface area contributed by atoms with E-state index in [0.717, 1.165) is 10.0 Å². The number of amides is 2. The molecule has 0 aliphatic rings. The van der Waals surface area contributed by atoms with Crippen LogP contribution in [0.15, 0.2) is 59.1 Å². The smallest absolute Gasteiger partial charge is 0.261 e. The third-order valence-electron chi connectivity index (χ3n) is 2.70. The van der Waals surface area contributed by atoms with Gasteiger partial charge in [-0.25, -0.2) is 0 Å². The first-order chi connectivity index (χ1) is 10.1. The van der Waals surface area contributed by atoms with E-state index in [1.807, 2.05) is 24.3 Å². The van der Waals surface area contributed by atoms with Crippen molar-refractivity contribution in [2.45, 2.75) is 0 Å². The zero-order valence-corrected chi connectivity index (χ0v) is 12.5. The minimum atomic E-state index is -0.644.